The number of hydrogen-bond acceptors (Lipinski definition) is 7. The van der Waals surface area contributed by atoms with Crippen molar-refractivity contribution in [2.45, 2.75) is 12.5 Å². The minimum atomic E-state index is -1.27. The topological polar surface area (TPSA) is 153 Å². The summed E-state index contributed by atoms with van der Waals surface area (Å²) < 4.78 is 11.0. The first kappa shape index (κ1) is 17.5. The summed E-state index contributed by atoms with van der Waals surface area (Å²) in [5.74, 6) is -1.16. The molecule has 2 N–H and O–H groups in total. The van der Waals surface area contributed by atoms with Gasteiger partial charge in [0, 0.05) is 28.9 Å². The molecule has 0 saturated carbocycles. The number of carboxylic acids is 1. The lowest BCUT2D eigenvalue weighted by atomic mass is 10.2. The average Bonchev–Trinajstić information content (AvgIpc) is 2.42. The highest BCUT2D eigenvalue weighted by Gasteiger charge is 2.24. The highest BCUT2D eigenvalue weighted by molar-refractivity contribution is 7.84. The van der Waals surface area contributed by atoms with E-state index in [1.165, 1.54) is 6.26 Å². The molecule has 120 valence electrons. The van der Waals surface area contributed by atoms with Gasteiger partial charge in [0.15, 0.2) is 0 Å². The van der Waals surface area contributed by atoms with E-state index < -0.39 is 44.0 Å². The van der Waals surface area contributed by atoms with Crippen molar-refractivity contribution in [3.63, 3.8) is 0 Å². The van der Waals surface area contributed by atoms with Crippen LogP contribution in [0.15, 0.2) is 18.2 Å². The third-order valence-corrected chi connectivity index (χ3v) is 3.52. The molecule has 1 rings (SSSR count). The first-order valence-electron chi connectivity index (χ1n) is 5.94. The third kappa shape index (κ3) is 4.77. The van der Waals surface area contributed by atoms with Crippen LogP contribution in [0.25, 0.3) is 0 Å². The number of nitrogens with one attached hydrogen (secondary N) is 1. The van der Waals surface area contributed by atoms with Gasteiger partial charge in [-0.2, -0.15) is 0 Å². The number of non-ortho nitro benzene ring substituents is 1. The summed E-state index contributed by atoms with van der Waals surface area (Å²) in [7, 11) is -1.21. The van der Waals surface area contributed by atoms with Gasteiger partial charge in [0.2, 0.25) is 0 Å². The quantitative estimate of drug-likeness (QED) is 0.531. The van der Waals surface area contributed by atoms with Crippen molar-refractivity contribution in [2.24, 2.45) is 0 Å². The Labute approximate surface area is 126 Å². The second-order valence-electron chi connectivity index (χ2n) is 4.32. The van der Waals surface area contributed by atoms with Crippen LogP contribution in [-0.4, -0.2) is 43.2 Å². The van der Waals surface area contributed by atoms with E-state index >= 15 is 0 Å². The molecule has 0 aliphatic heterocycles. The molecule has 1 aromatic rings. The fourth-order valence-electron chi connectivity index (χ4n) is 1.64. The molecular formula is C11H13N3O7S. The van der Waals surface area contributed by atoms with Crippen LogP contribution >= 0.6 is 0 Å². The SMILES string of the molecule is C[S@](=O)CC[C@H](Nc1ccc([N+](=O)[O-])cc1[N+](=O)[O-])C(=O)O. The van der Waals surface area contributed by atoms with E-state index in [0.717, 1.165) is 18.2 Å². The molecule has 0 spiro atoms. The molecule has 0 heterocycles. The molecule has 0 amide bonds. The van der Waals surface area contributed by atoms with Crippen LogP contribution in [0.5, 0.6) is 0 Å². The predicted octanol–water partition coefficient (Wildman–Crippen LogP) is 1.14. The number of nitrogens with zero attached hydrogens (tertiary/aromatic N) is 2. The predicted molar refractivity (Wildman–Crippen MR) is 78.3 cm³/mol. The normalized spacial score (nSPS) is 13.1. The van der Waals surface area contributed by atoms with E-state index in [1.54, 1.807) is 0 Å². The fraction of sp³-hybridized carbons (Fsp3) is 0.364. The van der Waals surface area contributed by atoms with Gasteiger partial charge in [0.1, 0.15) is 11.7 Å². The third-order valence-electron chi connectivity index (χ3n) is 2.71. The minimum Gasteiger partial charge on any atom is -0.480 e. The molecule has 0 unspecified atom stereocenters. The number of nitro groups is 2. The molecule has 0 aliphatic carbocycles. The maximum absolute atomic E-state index is 11.1. The van der Waals surface area contributed by atoms with Gasteiger partial charge in [-0.15, -0.1) is 0 Å². The summed E-state index contributed by atoms with van der Waals surface area (Å²) in [6, 6.07) is 1.67. The highest BCUT2D eigenvalue weighted by atomic mass is 32.2. The van der Waals surface area contributed by atoms with Gasteiger partial charge in [-0.05, 0) is 12.5 Å². The number of nitro benzene ring substituents is 2. The standard InChI is InChI=1S/C11H13N3O7S/c1-22(21)5-4-9(11(15)16)12-8-3-2-7(13(17)18)6-10(8)14(19)20/h2-3,6,9,12H,4-5H2,1H3,(H,15,16)/t9-,22-/m0/s1. The van der Waals surface area contributed by atoms with Crippen LogP contribution in [0.2, 0.25) is 0 Å². The molecule has 0 fully saturated rings. The minimum absolute atomic E-state index is 0.00735. The fourth-order valence-corrected chi connectivity index (χ4v) is 2.20. The Kier molecular flexibility index (Phi) is 5.92. The first-order chi connectivity index (χ1) is 10.2. The zero-order chi connectivity index (χ0) is 16.9. The molecular weight excluding hydrogens is 318 g/mol. The summed E-state index contributed by atoms with van der Waals surface area (Å²) in [6.45, 7) is 0. The number of benzene rings is 1. The molecule has 0 aliphatic rings. The molecule has 0 saturated heterocycles. The summed E-state index contributed by atoms with van der Waals surface area (Å²) in [6.07, 6.45) is 1.40. The van der Waals surface area contributed by atoms with Crippen molar-refractivity contribution in [1.82, 2.24) is 0 Å². The molecule has 22 heavy (non-hydrogen) atoms. The van der Waals surface area contributed by atoms with Crippen LogP contribution in [0, 0.1) is 20.2 Å². The van der Waals surface area contributed by atoms with Crippen molar-refractivity contribution < 1.29 is 24.0 Å². The van der Waals surface area contributed by atoms with Crippen LogP contribution < -0.4 is 5.32 Å². The van der Waals surface area contributed by atoms with Gasteiger partial charge in [0.25, 0.3) is 11.4 Å². The second-order valence-corrected chi connectivity index (χ2v) is 5.87. The Bertz CT molecular complexity index is 634. The van der Waals surface area contributed by atoms with E-state index in [-0.39, 0.29) is 17.9 Å². The second kappa shape index (κ2) is 7.45. The summed E-state index contributed by atoms with van der Waals surface area (Å²) in [4.78, 5) is 31.1. The number of carboxylic acid groups (broad SMARTS) is 1. The number of aliphatic carboxylic acids is 1. The molecule has 2 atom stereocenters. The number of anilines is 1. The number of rotatable bonds is 8. The van der Waals surface area contributed by atoms with Crippen LogP contribution in [-0.2, 0) is 15.6 Å². The lowest BCUT2D eigenvalue weighted by Crippen LogP contribution is -2.31. The van der Waals surface area contributed by atoms with E-state index in [9.17, 15) is 29.2 Å². The van der Waals surface area contributed by atoms with E-state index in [1.807, 2.05) is 0 Å². The molecule has 1 aromatic carbocycles. The molecule has 11 heteroatoms. The largest absolute Gasteiger partial charge is 0.480 e. The number of carbonyl (C=O) groups is 1. The summed E-state index contributed by atoms with van der Waals surface area (Å²) >= 11 is 0. The maximum atomic E-state index is 11.1. The molecule has 10 nitrogen and oxygen atoms in total. The Hall–Kier alpha value is -2.56. The van der Waals surface area contributed by atoms with Gasteiger partial charge in [-0.25, -0.2) is 4.79 Å². The van der Waals surface area contributed by atoms with Gasteiger partial charge in [-0.1, -0.05) is 0 Å². The highest BCUT2D eigenvalue weighted by Crippen LogP contribution is 2.29. The van der Waals surface area contributed by atoms with E-state index in [2.05, 4.69) is 5.32 Å². The van der Waals surface area contributed by atoms with Crippen molar-refractivity contribution in [2.75, 3.05) is 17.3 Å². The van der Waals surface area contributed by atoms with Crippen molar-refractivity contribution in [1.29, 1.82) is 0 Å². The smallest absolute Gasteiger partial charge is 0.326 e. The Morgan fingerprint density at radius 3 is 2.45 bits per heavy atom. The molecule has 0 aromatic heterocycles. The van der Waals surface area contributed by atoms with Gasteiger partial charge < -0.3 is 10.4 Å². The zero-order valence-electron chi connectivity index (χ0n) is 11.4. The lowest BCUT2D eigenvalue weighted by Gasteiger charge is -2.15. The zero-order valence-corrected chi connectivity index (χ0v) is 12.2. The van der Waals surface area contributed by atoms with Crippen LogP contribution in [0.4, 0.5) is 17.1 Å². The van der Waals surface area contributed by atoms with Crippen molar-refractivity contribution in [3.8, 4) is 0 Å². The van der Waals surface area contributed by atoms with Crippen LogP contribution in [0.3, 0.4) is 0 Å². The lowest BCUT2D eigenvalue weighted by molar-refractivity contribution is -0.393. The Morgan fingerprint density at radius 2 is 2.00 bits per heavy atom. The van der Waals surface area contributed by atoms with E-state index in [0.29, 0.717) is 0 Å². The van der Waals surface area contributed by atoms with Crippen molar-refractivity contribution >= 4 is 33.8 Å². The maximum Gasteiger partial charge on any atom is 0.326 e. The van der Waals surface area contributed by atoms with Gasteiger partial charge in [-0.3, -0.25) is 24.4 Å². The summed E-state index contributed by atoms with van der Waals surface area (Å²) in [5, 5.41) is 33.1. The molecule has 0 bridgehead atoms. The average molecular weight is 331 g/mol. The van der Waals surface area contributed by atoms with Gasteiger partial charge >= 0.3 is 5.97 Å². The van der Waals surface area contributed by atoms with E-state index in [4.69, 9.17) is 5.11 Å². The van der Waals surface area contributed by atoms with Crippen molar-refractivity contribution in [3.05, 3.63) is 38.4 Å². The number of hydrogen-bond donors (Lipinski definition) is 2. The van der Waals surface area contributed by atoms with Crippen LogP contribution in [0.1, 0.15) is 6.42 Å². The molecule has 0 radical (unpaired) electrons. The Balaban J connectivity index is 3.08. The Morgan fingerprint density at radius 1 is 1.36 bits per heavy atom. The summed E-state index contributed by atoms with van der Waals surface area (Å²) in [5.41, 5.74) is -1.22. The monoisotopic (exact) mass is 331 g/mol. The van der Waals surface area contributed by atoms with Gasteiger partial charge in [0.05, 0.1) is 15.9 Å². The first-order valence-corrected chi connectivity index (χ1v) is 7.67.